The van der Waals surface area contributed by atoms with Gasteiger partial charge in [0.25, 0.3) is 5.56 Å². The van der Waals surface area contributed by atoms with Crippen LogP contribution >= 0.6 is 31.9 Å². The zero-order valence-corrected chi connectivity index (χ0v) is 25.1. The topological polar surface area (TPSA) is 78.9 Å². The number of para-hydroxylation sites is 1. The van der Waals surface area contributed by atoms with Crippen LogP contribution in [0, 0.1) is 0 Å². The van der Waals surface area contributed by atoms with Gasteiger partial charge in [0, 0.05) is 14.3 Å². The molecule has 6 aromatic rings. The average molecular weight is 673 g/mol. The number of rotatable bonds is 8. The lowest BCUT2D eigenvalue weighted by molar-refractivity contribution is 0.269. The second-order valence-corrected chi connectivity index (χ2v) is 11.0. The molecule has 9 heteroatoms. The predicted molar refractivity (Wildman–Crippen MR) is 168 cm³/mol. The second-order valence-electron chi connectivity index (χ2n) is 9.16. The molecule has 2 aromatic heterocycles. The van der Waals surface area contributed by atoms with Crippen LogP contribution in [-0.2, 0) is 6.61 Å². The number of ether oxygens (including phenoxy) is 2. The fourth-order valence-electron chi connectivity index (χ4n) is 4.37. The number of benzene rings is 4. The molecular formula is C32H23Br2N3O4. The molecule has 0 amide bonds. The van der Waals surface area contributed by atoms with Crippen LogP contribution in [0.2, 0.25) is 0 Å². The summed E-state index contributed by atoms with van der Waals surface area (Å²) in [6.07, 6.45) is 1.60. The maximum Gasteiger partial charge on any atom is 0.282 e. The molecule has 0 spiro atoms. The largest absolute Gasteiger partial charge is 0.490 e. The van der Waals surface area contributed by atoms with Crippen LogP contribution in [0.5, 0.6) is 11.5 Å². The molecule has 0 bridgehead atoms. The Hall–Kier alpha value is -4.21. The van der Waals surface area contributed by atoms with E-state index in [1.165, 1.54) is 4.68 Å². The number of fused-ring (bicyclic) bond motifs is 2. The Bertz CT molecular complexity index is 1960. The molecule has 7 nitrogen and oxygen atoms in total. The van der Waals surface area contributed by atoms with Crippen molar-refractivity contribution >= 4 is 59.9 Å². The summed E-state index contributed by atoms with van der Waals surface area (Å²) in [5, 5.41) is 5.91. The van der Waals surface area contributed by atoms with Gasteiger partial charge >= 0.3 is 0 Å². The maximum atomic E-state index is 13.6. The lowest BCUT2D eigenvalue weighted by Crippen LogP contribution is -2.20. The summed E-state index contributed by atoms with van der Waals surface area (Å²) in [6.45, 7) is 2.78. The van der Waals surface area contributed by atoms with Crippen molar-refractivity contribution in [2.45, 2.75) is 13.5 Å². The van der Waals surface area contributed by atoms with Gasteiger partial charge in [-0.15, -0.1) is 0 Å². The summed E-state index contributed by atoms with van der Waals surface area (Å²) in [6, 6.07) is 28.2. The Kier molecular flexibility index (Phi) is 7.71. The number of hydrogen-bond donors (Lipinski definition) is 0. The summed E-state index contributed by atoms with van der Waals surface area (Å²) in [5.41, 5.74) is 2.70. The monoisotopic (exact) mass is 671 g/mol. The van der Waals surface area contributed by atoms with E-state index in [0.717, 1.165) is 25.5 Å². The Morgan fingerprint density at radius 3 is 2.54 bits per heavy atom. The van der Waals surface area contributed by atoms with E-state index in [9.17, 15) is 4.79 Å². The third-order valence-corrected chi connectivity index (χ3v) is 7.37. The lowest BCUT2D eigenvalue weighted by atomic mass is 10.2. The van der Waals surface area contributed by atoms with Gasteiger partial charge in [-0.05, 0) is 84.8 Å². The number of nitrogens with zero attached hydrogens (tertiary/aromatic N) is 3. The molecule has 0 radical (unpaired) electrons. The molecule has 6 rings (SSSR count). The number of aromatic nitrogens is 2. The fourth-order valence-corrected chi connectivity index (χ4v) is 5.02. The first-order chi connectivity index (χ1) is 20.0. The molecule has 0 saturated heterocycles. The highest BCUT2D eigenvalue weighted by molar-refractivity contribution is 9.10. The van der Waals surface area contributed by atoms with Crippen molar-refractivity contribution in [2.75, 3.05) is 6.61 Å². The molecule has 0 aliphatic heterocycles. The molecule has 0 fully saturated rings. The molecule has 0 atom stereocenters. The van der Waals surface area contributed by atoms with Crippen LogP contribution in [0.4, 0.5) is 0 Å². The van der Waals surface area contributed by atoms with Crippen molar-refractivity contribution in [3.8, 4) is 23.1 Å². The highest BCUT2D eigenvalue weighted by atomic mass is 79.9. The zero-order chi connectivity index (χ0) is 28.3. The van der Waals surface area contributed by atoms with Crippen LogP contribution < -0.4 is 15.0 Å². The van der Waals surface area contributed by atoms with E-state index < -0.39 is 0 Å². The molecule has 0 saturated carbocycles. The minimum Gasteiger partial charge on any atom is -0.490 e. The third-order valence-electron chi connectivity index (χ3n) is 6.35. The van der Waals surface area contributed by atoms with Crippen molar-refractivity contribution in [2.24, 2.45) is 5.10 Å². The van der Waals surface area contributed by atoms with Crippen LogP contribution in [0.3, 0.4) is 0 Å². The summed E-state index contributed by atoms with van der Waals surface area (Å²) < 4.78 is 21.2. The Morgan fingerprint density at radius 2 is 1.71 bits per heavy atom. The van der Waals surface area contributed by atoms with Crippen molar-refractivity contribution < 1.29 is 13.9 Å². The first-order valence-corrected chi connectivity index (χ1v) is 14.5. The van der Waals surface area contributed by atoms with Crippen LogP contribution in [-0.4, -0.2) is 22.5 Å². The molecule has 0 N–H and O–H groups in total. The normalized spacial score (nSPS) is 11.5. The van der Waals surface area contributed by atoms with Crippen molar-refractivity contribution in [1.29, 1.82) is 0 Å². The van der Waals surface area contributed by atoms with Crippen molar-refractivity contribution in [3.05, 3.63) is 121 Å². The minimum atomic E-state index is -0.303. The fraction of sp³-hybridized carbons (Fsp3) is 0.0938. The quantitative estimate of drug-likeness (QED) is 0.152. The molecule has 0 aliphatic carbocycles. The standard InChI is InChI=1S/C32H23Br2N3O4/c1-2-39-29-15-21(9-13-28(29)40-19-20-7-10-23(33)11-8-20)18-35-37-31(36-26-6-4-3-5-25(26)32(37)38)30-17-22-16-24(34)12-14-27(22)41-30/h3-18H,2,19H2,1H3. The smallest absolute Gasteiger partial charge is 0.282 e. The van der Waals surface area contributed by atoms with Gasteiger partial charge < -0.3 is 13.9 Å². The van der Waals surface area contributed by atoms with Gasteiger partial charge in [-0.1, -0.05) is 56.1 Å². The maximum absolute atomic E-state index is 13.6. The molecule has 2 heterocycles. The van der Waals surface area contributed by atoms with E-state index in [1.54, 1.807) is 24.4 Å². The molecule has 204 valence electrons. The summed E-state index contributed by atoms with van der Waals surface area (Å²) in [4.78, 5) is 18.3. The predicted octanol–water partition coefficient (Wildman–Crippen LogP) is 8.19. The molecular weight excluding hydrogens is 650 g/mol. The first-order valence-electron chi connectivity index (χ1n) is 12.9. The Balaban J connectivity index is 1.37. The minimum absolute atomic E-state index is 0.303. The van der Waals surface area contributed by atoms with Gasteiger partial charge in [0.05, 0.1) is 23.7 Å². The van der Waals surface area contributed by atoms with Crippen molar-refractivity contribution in [3.63, 3.8) is 0 Å². The molecule has 41 heavy (non-hydrogen) atoms. The van der Waals surface area contributed by atoms with E-state index in [-0.39, 0.29) is 5.56 Å². The van der Waals surface area contributed by atoms with Crippen LogP contribution in [0.15, 0.2) is 114 Å². The zero-order valence-electron chi connectivity index (χ0n) is 21.9. The van der Waals surface area contributed by atoms with E-state index in [0.29, 0.717) is 52.8 Å². The van der Waals surface area contributed by atoms with Crippen LogP contribution in [0.1, 0.15) is 18.1 Å². The summed E-state index contributed by atoms with van der Waals surface area (Å²) >= 11 is 6.95. The van der Waals surface area contributed by atoms with Gasteiger partial charge in [0.2, 0.25) is 5.82 Å². The number of hydrogen-bond acceptors (Lipinski definition) is 6. The lowest BCUT2D eigenvalue weighted by Gasteiger charge is -2.13. The van der Waals surface area contributed by atoms with E-state index in [2.05, 4.69) is 37.0 Å². The highest BCUT2D eigenvalue weighted by Gasteiger charge is 2.17. The third kappa shape index (κ3) is 5.82. The van der Waals surface area contributed by atoms with Crippen LogP contribution in [0.25, 0.3) is 33.5 Å². The first kappa shape index (κ1) is 27.0. The highest BCUT2D eigenvalue weighted by Crippen LogP contribution is 2.31. The van der Waals surface area contributed by atoms with E-state index >= 15 is 0 Å². The van der Waals surface area contributed by atoms with Gasteiger partial charge in [-0.2, -0.15) is 9.78 Å². The summed E-state index contributed by atoms with van der Waals surface area (Å²) in [5.74, 6) is 1.94. The SMILES string of the molecule is CCOc1cc(C=Nn2c(-c3cc4cc(Br)ccc4o3)nc3ccccc3c2=O)ccc1OCc1ccc(Br)cc1. The second kappa shape index (κ2) is 11.7. The molecule has 4 aromatic carbocycles. The van der Waals surface area contributed by atoms with Gasteiger partial charge in [-0.25, -0.2) is 4.98 Å². The Morgan fingerprint density at radius 1 is 0.902 bits per heavy atom. The molecule has 0 unspecified atom stereocenters. The summed E-state index contributed by atoms with van der Waals surface area (Å²) in [7, 11) is 0. The Labute approximate surface area is 252 Å². The average Bonchev–Trinajstić information content (AvgIpc) is 3.40. The van der Waals surface area contributed by atoms with Gasteiger partial charge in [0.15, 0.2) is 17.3 Å². The number of halogens is 2. The van der Waals surface area contributed by atoms with Gasteiger partial charge in [-0.3, -0.25) is 4.79 Å². The van der Waals surface area contributed by atoms with E-state index in [1.807, 2.05) is 79.7 Å². The van der Waals surface area contributed by atoms with Gasteiger partial charge in [0.1, 0.15) is 12.2 Å². The van der Waals surface area contributed by atoms with E-state index in [4.69, 9.17) is 18.9 Å². The number of furan rings is 1. The van der Waals surface area contributed by atoms with Crippen molar-refractivity contribution in [1.82, 2.24) is 9.66 Å². The molecule has 0 aliphatic rings.